The molecule has 1 aromatic carbocycles. The number of fused-ring (bicyclic) bond motifs is 3. The fraction of sp³-hybridized carbons (Fsp3) is 0.308. The van der Waals surface area contributed by atoms with E-state index in [0.717, 1.165) is 17.7 Å². The van der Waals surface area contributed by atoms with Gasteiger partial charge < -0.3 is 15.6 Å². The highest BCUT2D eigenvalue weighted by atomic mass is 19.2. The van der Waals surface area contributed by atoms with E-state index >= 15 is 0 Å². The average molecular weight is 265 g/mol. The van der Waals surface area contributed by atoms with E-state index in [1.54, 1.807) is 7.05 Å². The molecule has 2 heterocycles. The SMILES string of the molecule is CNC1CNCc2[nH]c(=O)c3cc(F)c(F)cc3c21. The number of benzene rings is 1. The summed E-state index contributed by atoms with van der Waals surface area (Å²) in [6.45, 7) is 1.18. The van der Waals surface area contributed by atoms with Crippen LogP contribution < -0.4 is 16.2 Å². The van der Waals surface area contributed by atoms with Gasteiger partial charge in [0.25, 0.3) is 5.56 Å². The molecule has 1 aliphatic heterocycles. The van der Waals surface area contributed by atoms with Gasteiger partial charge in [0.1, 0.15) is 0 Å². The number of hydrogen-bond donors (Lipinski definition) is 3. The van der Waals surface area contributed by atoms with Gasteiger partial charge in [-0.15, -0.1) is 0 Å². The van der Waals surface area contributed by atoms with Crippen LogP contribution in [0.1, 0.15) is 17.3 Å². The van der Waals surface area contributed by atoms with Crippen molar-refractivity contribution in [2.24, 2.45) is 0 Å². The minimum absolute atomic E-state index is 0.0482. The molecule has 0 aliphatic carbocycles. The van der Waals surface area contributed by atoms with Gasteiger partial charge in [-0.3, -0.25) is 4.79 Å². The predicted molar refractivity (Wildman–Crippen MR) is 68.0 cm³/mol. The highest BCUT2D eigenvalue weighted by Crippen LogP contribution is 2.28. The molecule has 0 fully saturated rings. The largest absolute Gasteiger partial charge is 0.324 e. The van der Waals surface area contributed by atoms with Crippen molar-refractivity contribution in [3.8, 4) is 0 Å². The first-order valence-electron chi connectivity index (χ1n) is 6.03. The smallest absolute Gasteiger partial charge is 0.256 e. The number of nitrogens with one attached hydrogen (secondary N) is 3. The molecule has 0 spiro atoms. The van der Waals surface area contributed by atoms with Crippen LogP contribution in [0, 0.1) is 11.6 Å². The third-order valence-corrected chi connectivity index (χ3v) is 3.53. The Hall–Kier alpha value is -1.79. The number of aromatic amines is 1. The van der Waals surface area contributed by atoms with Crippen molar-refractivity contribution in [2.45, 2.75) is 12.6 Å². The minimum atomic E-state index is -1.01. The fourth-order valence-electron chi connectivity index (χ4n) is 2.62. The van der Waals surface area contributed by atoms with Gasteiger partial charge >= 0.3 is 0 Å². The maximum atomic E-state index is 13.5. The number of aromatic nitrogens is 1. The molecular weight excluding hydrogens is 252 g/mol. The summed E-state index contributed by atoms with van der Waals surface area (Å²) < 4.78 is 26.7. The molecule has 3 rings (SSSR count). The summed E-state index contributed by atoms with van der Waals surface area (Å²) >= 11 is 0. The summed E-state index contributed by atoms with van der Waals surface area (Å²) in [6.07, 6.45) is 0. The number of H-pyrrole nitrogens is 1. The molecule has 0 saturated heterocycles. The third kappa shape index (κ3) is 1.84. The van der Waals surface area contributed by atoms with E-state index in [1.807, 2.05) is 0 Å². The number of pyridine rings is 1. The van der Waals surface area contributed by atoms with E-state index in [-0.39, 0.29) is 11.4 Å². The zero-order chi connectivity index (χ0) is 13.6. The van der Waals surface area contributed by atoms with E-state index in [9.17, 15) is 13.6 Å². The maximum absolute atomic E-state index is 13.5. The number of rotatable bonds is 1. The van der Waals surface area contributed by atoms with Crippen molar-refractivity contribution in [1.82, 2.24) is 15.6 Å². The lowest BCUT2D eigenvalue weighted by molar-refractivity contribution is 0.486. The second-order valence-electron chi connectivity index (χ2n) is 4.63. The first-order chi connectivity index (χ1) is 9.11. The Morgan fingerprint density at radius 1 is 1.26 bits per heavy atom. The van der Waals surface area contributed by atoms with Gasteiger partial charge in [0.2, 0.25) is 0 Å². The van der Waals surface area contributed by atoms with Crippen LogP contribution in [0.25, 0.3) is 10.8 Å². The Morgan fingerprint density at radius 3 is 2.63 bits per heavy atom. The molecule has 1 atom stereocenters. The molecule has 4 nitrogen and oxygen atoms in total. The normalized spacial score (nSPS) is 18.6. The first kappa shape index (κ1) is 12.3. The Balaban J connectivity index is 2.42. The Kier molecular flexibility index (Phi) is 2.83. The molecule has 1 aromatic heterocycles. The van der Waals surface area contributed by atoms with E-state index < -0.39 is 17.2 Å². The molecule has 19 heavy (non-hydrogen) atoms. The van der Waals surface area contributed by atoms with E-state index in [2.05, 4.69) is 15.6 Å². The van der Waals surface area contributed by atoms with Crippen LogP contribution >= 0.6 is 0 Å². The van der Waals surface area contributed by atoms with E-state index in [0.29, 0.717) is 24.2 Å². The summed E-state index contributed by atoms with van der Waals surface area (Å²) in [5, 5.41) is 6.92. The topological polar surface area (TPSA) is 56.9 Å². The molecule has 0 bridgehead atoms. The first-order valence-corrected chi connectivity index (χ1v) is 6.03. The summed E-state index contributed by atoms with van der Waals surface area (Å²) in [7, 11) is 1.79. The monoisotopic (exact) mass is 265 g/mol. The van der Waals surface area contributed by atoms with Crippen molar-refractivity contribution in [1.29, 1.82) is 0 Å². The molecule has 0 amide bonds. The van der Waals surface area contributed by atoms with Gasteiger partial charge in [-0.05, 0) is 30.1 Å². The lowest BCUT2D eigenvalue weighted by Crippen LogP contribution is -2.37. The minimum Gasteiger partial charge on any atom is -0.324 e. The molecule has 3 N–H and O–H groups in total. The highest BCUT2D eigenvalue weighted by molar-refractivity contribution is 5.86. The Labute approximate surface area is 107 Å². The fourth-order valence-corrected chi connectivity index (χ4v) is 2.62. The molecular formula is C13H13F2N3O. The molecule has 0 radical (unpaired) electrons. The lowest BCUT2D eigenvalue weighted by atomic mass is 9.95. The standard InChI is InChI=1S/C13H13F2N3O/c1-16-10-4-17-5-11-12(10)6-2-8(14)9(15)3-7(6)13(19)18-11/h2-3,10,16-17H,4-5H2,1H3,(H,18,19). The van der Waals surface area contributed by atoms with Crippen LogP contribution in [-0.4, -0.2) is 18.6 Å². The van der Waals surface area contributed by atoms with Gasteiger partial charge in [-0.1, -0.05) is 0 Å². The van der Waals surface area contributed by atoms with E-state index in [4.69, 9.17) is 0 Å². The van der Waals surface area contributed by atoms with Crippen LogP contribution in [0.2, 0.25) is 0 Å². The predicted octanol–water partition coefficient (Wildman–Crippen LogP) is 1.17. The van der Waals surface area contributed by atoms with Gasteiger partial charge in [-0.25, -0.2) is 8.78 Å². The summed E-state index contributed by atoms with van der Waals surface area (Å²) in [5.41, 5.74) is 1.15. The second kappa shape index (κ2) is 4.40. The molecule has 1 unspecified atom stereocenters. The quantitative estimate of drug-likeness (QED) is 0.725. The second-order valence-corrected chi connectivity index (χ2v) is 4.63. The molecule has 100 valence electrons. The Morgan fingerprint density at radius 2 is 1.95 bits per heavy atom. The van der Waals surface area contributed by atoms with E-state index in [1.165, 1.54) is 0 Å². The zero-order valence-corrected chi connectivity index (χ0v) is 10.3. The van der Waals surface area contributed by atoms with Gasteiger partial charge in [0, 0.05) is 24.8 Å². The average Bonchev–Trinajstić information content (AvgIpc) is 2.40. The van der Waals surface area contributed by atoms with Crippen molar-refractivity contribution < 1.29 is 8.78 Å². The molecule has 1 aliphatic rings. The van der Waals surface area contributed by atoms with Crippen LogP contribution in [-0.2, 0) is 6.54 Å². The Bertz CT molecular complexity index is 711. The highest BCUT2D eigenvalue weighted by Gasteiger charge is 2.23. The summed E-state index contributed by atoms with van der Waals surface area (Å²) in [6, 6.07) is 2.01. The van der Waals surface area contributed by atoms with Gasteiger partial charge in [-0.2, -0.15) is 0 Å². The van der Waals surface area contributed by atoms with Crippen molar-refractivity contribution >= 4 is 10.8 Å². The number of likely N-dealkylation sites (N-methyl/N-ethyl adjacent to an activating group) is 1. The lowest BCUT2D eigenvalue weighted by Gasteiger charge is -2.27. The zero-order valence-electron chi connectivity index (χ0n) is 10.3. The van der Waals surface area contributed by atoms with Crippen LogP contribution in [0.5, 0.6) is 0 Å². The van der Waals surface area contributed by atoms with Crippen LogP contribution in [0.4, 0.5) is 8.78 Å². The molecule has 2 aromatic rings. The number of hydrogen-bond acceptors (Lipinski definition) is 3. The molecule has 0 saturated carbocycles. The van der Waals surface area contributed by atoms with Crippen molar-refractivity contribution in [3.63, 3.8) is 0 Å². The third-order valence-electron chi connectivity index (χ3n) is 3.53. The van der Waals surface area contributed by atoms with Gasteiger partial charge in [0.15, 0.2) is 11.6 Å². The maximum Gasteiger partial charge on any atom is 0.256 e. The summed E-state index contributed by atoms with van der Waals surface area (Å²) in [4.78, 5) is 14.7. The van der Waals surface area contributed by atoms with Crippen LogP contribution in [0.3, 0.4) is 0 Å². The van der Waals surface area contributed by atoms with Crippen molar-refractivity contribution in [2.75, 3.05) is 13.6 Å². The van der Waals surface area contributed by atoms with Crippen LogP contribution in [0.15, 0.2) is 16.9 Å². The van der Waals surface area contributed by atoms with Crippen molar-refractivity contribution in [3.05, 3.63) is 45.4 Å². The van der Waals surface area contributed by atoms with Gasteiger partial charge in [0.05, 0.1) is 5.39 Å². The molecule has 6 heteroatoms. The number of halogens is 2. The summed E-state index contributed by atoms with van der Waals surface area (Å²) in [5.74, 6) is -1.94.